The van der Waals surface area contributed by atoms with Crippen molar-refractivity contribution >= 4 is 11.7 Å². The molecule has 2 N–H and O–H groups in total. The van der Waals surface area contributed by atoms with E-state index in [0.717, 1.165) is 17.7 Å². The maximum absolute atomic E-state index is 14.7. The summed E-state index contributed by atoms with van der Waals surface area (Å²) in [5.41, 5.74) is 2.75. The zero-order valence-electron chi connectivity index (χ0n) is 14.5. The summed E-state index contributed by atoms with van der Waals surface area (Å²) >= 11 is 0. The topological polar surface area (TPSA) is 62.8 Å². The molecule has 0 aromatic heterocycles. The molecule has 0 bridgehead atoms. The van der Waals surface area contributed by atoms with E-state index in [1.807, 2.05) is 24.3 Å². The SMILES string of the molecule is CN(Cc1ccc2c(c1)OCO2)C(=O)Nc1ccc2c(c1F)CCNC2. The van der Waals surface area contributed by atoms with Gasteiger partial charge in [0.2, 0.25) is 6.79 Å². The Labute approximate surface area is 150 Å². The predicted molar refractivity (Wildman–Crippen MR) is 94.9 cm³/mol. The number of nitrogens with zero attached hydrogens (tertiary/aromatic N) is 1. The normalized spacial score (nSPS) is 14.7. The molecule has 2 aromatic carbocycles. The summed E-state index contributed by atoms with van der Waals surface area (Å²) in [5, 5.41) is 5.88. The molecule has 6 nitrogen and oxygen atoms in total. The first-order valence-corrected chi connectivity index (χ1v) is 8.53. The summed E-state index contributed by atoms with van der Waals surface area (Å²) in [6.45, 7) is 1.98. The largest absolute Gasteiger partial charge is 0.454 e. The Hall–Kier alpha value is -2.80. The zero-order valence-corrected chi connectivity index (χ0v) is 14.5. The quantitative estimate of drug-likeness (QED) is 0.887. The van der Waals surface area contributed by atoms with E-state index in [1.165, 1.54) is 4.90 Å². The van der Waals surface area contributed by atoms with Crippen LogP contribution in [0.15, 0.2) is 30.3 Å². The Kier molecular flexibility index (Phi) is 4.38. The van der Waals surface area contributed by atoms with Gasteiger partial charge in [0, 0.05) is 20.1 Å². The second kappa shape index (κ2) is 6.84. The van der Waals surface area contributed by atoms with E-state index in [0.29, 0.717) is 36.6 Å². The average Bonchev–Trinajstić information content (AvgIpc) is 3.12. The Morgan fingerprint density at radius 1 is 1.27 bits per heavy atom. The third-order valence-corrected chi connectivity index (χ3v) is 4.65. The highest BCUT2D eigenvalue weighted by molar-refractivity contribution is 5.89. The van der Waals surface area contributed by atoms with Crippen molar-refractivity contribution in [3.8, 4) is 11.5 Å². The smallest absolute Gasteiger partial charge is 0.321 e. The van der Waals surface area contributed by atoms with E-state index in [-0.39, 0.29) is 24.3 Å². The van der Waals surface area contributed by atoms with Crippen LogP contribution in [0.4, 0.5) is 14.9 Å². The number of carbonyl (C=O) groups is 1. The van der Waals surface area contributed by atoms with E-state index in [1.54, 1.807) is 13.1 Å². The highest BCUT2D eigenvalue weighted by Crippen LogP contribution is 2.32. The first-order valence-electron chi connectivity index (χ1n) is 8.53. The Morgan fingerprint density at radius 2 is 2.12 bits per heavy atom. The number of rotatable bonds is 3. The molecule has 0 unspecified atom stereocenters. The molecule has 2 amide bonds. The van der Waals surface area contributed by atoms with E-state index in [9.17, 15) is 9.18 Å². The number of amides is 2. The van der Waals surface area contributed by atoms with Gasteiger partial charge in [-0.15, -0.1) is 0 Å². The van der Waals surface area contributed by atoms with Gasteiger partial charge in [0.25, 0.3) is 0 Å². The molecule has 136 valence electrons. The molecule has 2 heterocycles. The van der Waals surface area contributed by atoms with Crippen LogP contribution in [0, 0.1) is 5.82 Å². The number of hydrogen-bond donors (Lipinski definition) is 2. The van der Waals surface area contributed by atoms with Gasteiger partial charge in [-0.1, -0.05) is 12.1 Å². The second-order valence-electron chi connectivity index (χ2n) is 6.47. The van der Waals surface area contributed by atoms with Gasteiger partial charge >= 0.3 is 6.03 Å². The highest BCUT2D eigenvalue weighted by Gasteiger charge is 2.19. The molecule has 2 aliphatic heterocycles. The summed E-state index contributed by atoms with van der Waals surface area (Å²) in [4.78, 5) is 13.9. The third-order valence-electron chi connectivity index (χ3n) is 4.65. The summed E-state index contributed by atoms with van der Waals surface area (Å²) in [6, 6.07) is 8.66. The number of ether oxygens (including phenoxy) is 2. The first-order chi connectivity index (χ1) is 12.6. The van der Waals surface area contributed by atoms with Crippen LogP contribution in [-0.4, -0.2) is 31.3 Å². The summed E-state index contributed by atoms with van der Waals surface area (Å²) in [7, 11) is 1.67. The number of urea groups is 1. The van der Waals surface area contributed by atoms with Crippen LogP contribution in [0.1, 0.15) is 16.7 Å². The van der Waals surface area contributed by atoms with E-state index >= 15 is 0 Å². The minimum Gasteiger partial charge on any atom is -0.454 e. The minimum absolute atomic E-state index is 0.211. The molecule has 0 atom stereocenters. The zero-order chi connectivity index (χ0) is 18.1. The number of nitrogens with one attached hydrogen (secondary N) is 2. The molecule has 0 aliphatic carbocycles. The molecule has 2 aromatic rings. The van der Waals surface area contributed by atoms with Gasteiger partial charge in [-0.25, -0.2) is 9.18 Å². The minimum atomic E-state index is -0.365. The molecule has 0 saturated carbocycles. The van der Waals surface area contributed by atoms with Gasteiger partial charge in [-0.3, -0.25) is 0 Å². The van der Waals surface area contributed by atoms with Gasteiger partial charge < -0.3 is 25.0 Å². The Balaban J connectivity index is 1.44. The molecular formula is C19H20FN3O3. The lowest BCUT2D eigenvalue weighted by molar-refractivity contribution is 0.174. The lowest BCUT2D eigenvalue weighted by atomic mass is 9.99. The molecule has 4 rings (SSSR count). The third kappa shape index (κ3) is 3.17. The highest BCUT2D eigenvalue weighted by atomic mass is 19.1. The van der Waals surface area contributed by atoms with Gasteiger partial charge in [-0.2, -0.15) is 0 Å². The van der Waals surface area contributed by atoms with Crippen molar-refractivity contribution in [1.82, 2.24) is 10.2 Å². The molecule has 0 spiro atoms. The van der Waals surface area contributed by atoms with Gasteiger partial charge in [0.1, 0.15) is 5.82 Å². The molecule has 0 saturated heterocycles. The van der Waals surface area contributed by atoms with E-state index in [4.69, 9.17) is 9.47 Å². The van der Waals surface area contributed by atoms with Crippen LogP contribution in [0.2, 0.25) is 0 Å². The standard InChI is InChI=1S/C19H20FN3O3/c1-23(10-12-2-5-16-17(8-12)26-11-25-16)19(24)22-15-4-3-13-9-21-7-6-14(13)18(15)20/h2-5,8,21H,6-7,9-11H2,1H3,(H,22,24). The fraction of sp³-hybridized carbons (Fsp3) is 0.316. The second-order valence-corrected chi connectivity index (χ2v) is 6.47. The van der Waals surface area contributed by atoms with Crippen molar-refractivity contribution in [3.63, 3.8) is 0 Å². The number of hydrogen-bond acceptors (Lipinski definition) is 4. The van der Waals surface area contributed by atoms with E-state index < -0.39 is 0 Å². The summed E-state index contributed by atoms with van der Waals surface area (Å²) < 4.78 is 25.3. The van der Waals surface area contributed by atoms with Gasteiger partial charge in [0.05, 0.1) is 5.69 Å². The fourth-order valence-electron chi connectivity index (χ4n) is 3.23. The molecule has 26 heavy (non-hydrogen) atoms. The monoisotopic (exact) mass is 357 g/mol. The average molecular weight is 357 g/mol. The molecule has 7 heteroatoms. The Bertz CT molecular complexity index is 856. The van der Waals surface area contributed by atoms with E-state index in [2.05, 4.69) is 10.6 Å². The van der Waals surface area contributed by atoms with Crippen LogP contribution < -0.4 is 20.1 Å². The van der Waals surface area contributed by atoms with Crippen molar-refractivity contribution in [2.45, 2.75) is 19.5 Å². The van der Waals surface area contributed by atoms with Gasteiger partial charge in [0.15, 0.2) is 11.5 Å². The Morgan fingerprint density at radius 3 is 3.00 bits per heavy atom. The lowest BCUT2D eigenvalue weighted by Crippen LogP contribution is -2.31. The van der Waals surface area contributed by atoms with Crippen LogP contribution in [0.3, 0.4) is 0 Å². The van der Waals surface area contributed by atoms with Crippen LogP contribution in [0.5, 0.6) is 11.5 Å². The predicted octanol–water partition coefficient (Wildman–Crippen LogP) is 2.86. The molecular weight excluding hydrogens is 337 g/mol. The van der Waals surface area contributed by atoms with Crippen molar-refractivity contribution in [1.29, 1.82) is 0 Å². The van der Waals surface area contributed by atoms with Crippen molar-refractivity contribution in [2.75, 3.05) is 25.7 Å². The van der Waals surface area contributed by atoms with Crippen LogP contribution in [0.25, 0.3) is 0 Å². The van der Waals surface area contributed by atoms with Gasteiger partial charge in [-0.05, 0) is 47.9 Å². The number of anilines is 1. The summed E-state index contributed by atoms with van der Waals surface area (Å²) in [6.07, 6.45) is 0.623. The molecule has 0 radical (unpaired) electrons. The fourth-order valence-corrected chi connectivity index (χ4v) is 3.23. The molecule has 0 fully saturated rings. The number of carbonyl (C=O) groups excluding carboxylic acids is 1. The summed E-state index contributed by atoms with van der Waals surface area (Å²) in [5.74, 6) is 1.03. The lowest BCUT2D eigenvalue weighted by Gasteiger charge is -2.21. The van der Waals surface area contributed by atoms with Crippen molar-refractivity contribution < 1.29 is 18.7 Å². The first kappa shape index (κ1) is 16.7. The van der Waals surface area contributed by atoms with Crippen molar-refractivity contribution in [2.24, 2.45) is 0 Å². The maximum atomic E-state index is 14.7. The van der Waals surface area contributed by atoms with Crippen LogP contribution >= 0.6 is 0 Å². The molecule has 2 aliphatic rings. The van der Waals surface area contributed by atoms with Crippen molar-refractivity contribution in [3.05, 3.63) is 52.8 Å². The number of fused-ring (bicyclic) bond motifs is 2. The van der Waals surface area contributed by atoms with Crippen LogP contribution in [-0.2, 0) is 19.5 Å². The maximum Gasteiger partial charge on any atom is 0.321 e. The number of halogens is 1. The number of benzene rings is 2.